The molecule has 0 saturated carbocycles. The molecule has 174 valence electrons. The predicted molar refractivity (Wildman–Crippen MR) is 114 cm³/mol. The lowest BCUT2D eigenvalue weighted by atomic mass is 9.98. The molecule has 0 aliphatic carbocycles. The summed E-state index contributed by atoms with van der Waals surface area (Å²) in [5.74, 6) is 2.83. The molecule has 1 saturated heterocycles. The zero-order valence-electron chi connectivity index (χ0n) is 19.1. The van der Waals surface area contributed by atoms with E-state index in [4.69, 9.17) is 37.9 Å². The fourth-order valence-corrected chi connectivity index (χ4v) is 3.72. The topological polar surface area (TPSA) is 90.9 Å². The minimum Gasteiger partial charge on any atom is -0.493 e. The van der Waals surface area contributed by atoms with Gasteiger partial charge in [0.15, 0.2) is 23.0 Å². The van der Waals surface area contributed by atoms with E-state index in [9.17, 15) is 4.79 Å². The van der Waals surface area contributed by atoms with Crippen LogP contribution in [-0.2, 0) is 9.47 Å². The summed E-state index contributed by atoms with van der Waals surface area (Å²) in [6.07, 6.45) is -0.872. The Hall–Kier alpha value is -3.49. The van der Waals surface area contributed by atoms with E-state index in [1.54, 1.807) is 24.3 Å². The Morgan fingerprint density at radius 1 is 0.594 bits per heavy atom. The van der Waals surface area contributed by atoms with Gasteiger partial charge in [0.25, 0.3) is 0 Å². The van der Waals surface area contributed by atoms with Crippen LogP contribution in [0.15, 0.2) is 24.3 Å². The first kappa shape index (κ1) is 23.2. The van der Waals surface area contributed by atoms with E-state index in [2.05, 4.69) is 0 Å². The van der Waals surface area contributed by atoms with Gasteiger partial charge in [0.2, 0.25) is 11.5 Å². The normalized spacial score (nSPS) is 18.0. The molecule has 0 aromatic heterocycles. The van der Waals surface area contributed by atoms with Gasteiger partial charge < -0.3 is 37.9 Å². The van der Waals surface area contributed by atoms with Gasteiger partial charge in [-0.2, -0.15) is 0 Å². The van der Waals surface area contributed by atoms with Crippen LogP contribution in [0, 0.1) is 0 Å². The van der Waals surface area contributed by atoms with Crippen LogP contribution in [0.1, 0.15) is 36.2 Å². The molecule has 32 heavy (non-hydrogen) atoms. The van der Waals surface area contributed by atoms with Crippen molar-refractivity contribution in [3.63, 3.8) is 0 Å². The molecular weight excluding hydrogens is 420 g/mol. The van der Waals surface area contributed by atoms with Gasteiger partial charge >= 0.3 is 6.16 Å². The van der Waals surface area contributed by atoms with Crippen LogP contribution in [0.4, 0.5) is 4.79 Å². The first-order valence-corrected chi connectivity index (χ1v) is 9.96. The van der Waals surface area contributed by atoms with Crippen molar-refractivity contribution in [2.24, 2.45) is 0 Å². The van der Waals surface area contributed by atoms with Crippen molar-refractivity contribution in [2.45, 2.75) is 25.0 Å². The quantitative estimate of drug-likeness (QED) is 0.543. The molecule has 0 amide bonds. The van der Waals surface area contributed by atoms with E-state index in [-0.39, 0.29) is 0 Å². The summed E-state index contributed by atoms with van der Waals surface area (Å²) in [5.41, 5.74) is 1.42. The second-order valence-corrected chi connectivity index (χ2v) is 6.96. The number of methoxy groups -OCH3 is 6. The lowest BCUT2D eigenvalue weighted by molar-refractivity contribution is 0.0217. The molecule has 1 aliphatic heterocycles. The van der Waals surface area contributed by atoms with Crippen molar-refractivity contribution < 1.29 is 42.7 Å². The molecule has 2 aromatic carbocycles. The Morgan fingerprint density at radius 3 is 1.16 bits per heavy atom. The first-order chi connectivity index (χ1) is 15.5. The highest BCUT2D eigenvalue weighted by atomic mass is 16.7. The SMILES string of the molecule is COc1cc(C2CCC(c3cc(OC)c(OC)c(OC)c3)OC(=O)O2)cc(OC)c1OC. The van der Waals surface area contributed by atoms with Crippen LogP contribution < -0.4 is 28.4 Å². The molecule has 0 radical (unpaired) electrons. The van der Waals surface area contributed by atoms with E-state index in [0.29, 0.717) is 58.5 Å². The van der Waals surface area contributed by atoms with Gasteiger partial charge in [0.1, 0.15) is 12.2 Å². The fourth-order valence-electron chi connectivity index (χ4n) is 3.72. The summed E-state index contributed by atoms with van der Waals surface area (Å²) in [4.78, 5) is 12.5. The maximum atomic E-state index is 12.5. The highest BCUT2D eigenvalue weighted by Gasteiger charge is 2.31. The zero-order chi connectivity index (χ0) is 23.3. The Balaban J connectivity index is 1.91. The van der Waals surface area contributed by atoms with Crippen LogP contribution in [-0.4, -0.2) is 48.8 Å². The Bertz CT molecular complexity index is 831. The van der Waals surface area contributed by atoms with Gasteiger partial charge in [-0.1, -0.05) is 0 Å². The number of benzene rings is 2. The second-order valence-electron chi connectivity index (χ2n) is 6.96. The lowest BCUT2D eigenvalue weighted by Gasteiger charge is -2.18. The van der Waals surface area contributed by atoms with Gasteiger partial charge in [-0.25, -0.2) is 4.79 Å². The first-order valence-electron chi connectivity index (χ1n) is 9.96. The minimum absolute atomic E-state index is 0.463. The summed E-state index contributed by atoms with van der Waals surface area (Å²) in [7, 11) is 9.18. The van der Waals surface area contributed by atoms with Gasteiger partial charge in [0.05, 0.1) is 42.7 Å². The van der Waals surface area contributed by atoms with Crippen LogP contribution in [0.25, 0.3) is 0 Å². The number of ether oxygens (including phenoxy) is 8. The number of carbonyl (C=O) groups is 1. The molecule has 9 heteroatoms. The molecule has 0 N–H and O–H groups in total. The Morgan fingerprint density at radius 2 is 0.906 bits per heavy atom. The Labute approximate surface area is 187 Å². The second kappa shape index (κ2) is 10.2. The highest BCUT2D eigenvalue weighted by Crippen LogP contribution is 2.45. The summed E-state index contributed by atoms with van der Waals surface area (Å²) in [5, 5.41) is 0. The third-order valence-corrected chi connectivity index (χ3v) is 5.29. The average molecular weight is 448 g/mol. The van der Waals surface area contributed by atoms with E-state index in [1.807, 2.05) is 0 Å². The maximum absolute atomic E-state index is 12.5. The fraction of sp³-hybridized carbons (Fsp3) is 0.435. The van der Waals surface area contributed by atoms with E-state index < -0.39 is 18.4 Å². The Kier molecular flexibility index (Phi) is 7.40. The zero-order valence-corrected chi connectivity index (χ0v) is 19.1. The third-order valence-electron chi connectivity index (χ3n) is 5.29. The highest BCUT2D eigenvalue weighted by molar-refractivity contribution is 5.63. The molecule has 1 fully saturated rings. The summed E-state index contributed by atoms with van der Waals surface area (Å²) in [6, 6.07) is 7.05. The molecule has 0 spiro atoms. The monoisotopic (exact) mass is 448 g/mol. The van der Waals surface area contributed by atoms with Crippen molar-refractivity contribution in [1.82, 2.24) is 0 Å². The van der Waals surface area contributed by atoms with Crippen LogP contribution in [0.2, 0.25) is 0 Å². The molecule has 2 unspecified atom stereocenters. The van der Waals surface area contributed by atoms with Crippen molar-refractivity contribution >= 4 is 6.16 Å². The van der Waals surface area contributed by atoms with Crippen molar-refractivity contribution in [3.8, 4) is 34.5 Å². The molecule has 1 heterocycles. The van der Waals surface area contributed by atoms with Gasteiger partial charge in [0, 0.05) is 11.1 Å². The van der Waals surface area contributed by atoms with Crippen LogP contribution in [0.5, 0.6) is 34.5 Å². The average Bonchev–Trinajstić information content (AvgIpc) is 3.03. The lowest BCUT2D eigenvalue weighted by Crippen LogP contribution is -2.11. The standard InChI is InChI=1S/C23H28O9/c1-25-17-9-13(10-18(26-2)21(17)29-5)15-7-8-16(32-23(24)31-15)14-11-19(27-3)22(30-6)20(12-14)28-4/h9-12,15-16H,7-8H2,1-6H3. The number of hydrogen-bond donors (Lipinski definition) is 0. The van der Waals surface area contributed by atoms with Crippen molar-refractivity contribution in [3.05, 3.63) is 35.4 Å². The number of cyclic esters (lactones) is 2. The minimum atomic E-state index is -0.778. The van der Waals surface area contributed by atoms with Gasteiger partial charge in [-0.15, -0.1) is 0 Å². The van der Waals surface area contributed by atoms with E-state index >= 15 is 0 Å². The molecular formula is C23H28O9. The third kappa shape index (κ3) is 4.56. The molecule has 2 atom stereocenters. The molecule has 3 rings (SSSR count). The molecule has 0 bridgehead atoms. The van der Waals surface area contributed by atoms with Gasteiger partial charge in [-0.05, 0) is 37.1 Å². The number of hydrogen-bond acceptors (Lipinski definition) is 9. The largest absolute Gasteiger partial charge is 0.509 e. The molecule has 1 aliphatic rings. The van der Waals surface area contributed by atoms with Crippen molar-refractivity contribution in [2.75, 3.05) is 42.7 Å². The van der Waals surface area contributed by atoms with Crippen LogP contribution >= 0.6 is 0 Å². The van der Waals surface area contributed by atoms with Gasteiger partial charge in [-0.3, -0.25) is 0 Å². The maximum Gasteiger partial charge on any atom is 0.509 e. The molecule has 2 aromatic rings. The number of carbonyl (C=O) groups excluding carboxylic acids is 1. The molecule has 9 nitrogen and oxygen atoms in total. The number of rotatable bonds is 8. The smallest absolute Gasteiger partial charge is 0.493 e. The summed E-state index contributed by atoms with van der Waals surface area (Å²) < 4.78 is 43.6. The van der Waals surface area contributed by atoms with Crippen LogP contribution in [0.3, 0.4) is 0 Å². The van der Waals surface area contributed by atoms with E-state index in [0.717, 1.165) is 0 Å². The summed E-state index contributed by atoms with van der Waals surface area (Å²) >= 11 is 0. The summed E-state index contributed by atoms with van der Waals surface area (Å²) in [6.45, 7) is 0. The van der Waals surface area contributed by atoms with Crippen molar-refractivity contribution in [1.29, 1.82) is 0 Å². The predicted octanol–water partition coefficient (Wildman–Crippen LogP) is 4.47. The van der Waals surface area contributed by atoms with E-state index in [1.165, 1.54) is 42.7 Å².